The molecule has 4 atom stereocenters. The molecule has 2 saturated heterocycles. The molecular formula is C26H22FN3O7S. The van der Waals surface area contributed by atoms with Crippen molar-refractivity contribution in [2.75, 3.05) is 0 Å². The van der Waals surface area contributed by atoms with Gasteiger partial charge in [0.1, 0.15) is 46.7 Å². The van der Waals surface area contributed by atoms with E-state index in [1.807, 2.05) is 0 Å². The maximum Gasteiger partial charge on any atom is 0.327 e. The lowest BCUT2D eigenvalue weighted by molar-refractivity contribution is -0.161. The number of nitrogens with zero attached hydrogens (tertiary/aromatic N) is 1. The van der Waals surface area contributed by atoms with E-state index in [1.165, 1.54) is 22.7 Å². The zero-order valence-corrected chi connectivity index (χ0v) is 21.0. The van der Waals surface area contributed by atoms with E-state index in [-0.39, 0.29) is 16.5 Å². The van der Waals surface area contributed by atoms with Gasteiger partial charge in [0, 0.05) is 10.8 Å². The zero-order valence-electron chi connectivity index (χ0n) is 20.1. The summed E-state index contributed by atoms with van der Waals surface area (Å²) < 4.78 is 18.0. The molecule has 2 fully saturated rings. The first-order chi connectivity index (χ1) is 18.0. The Hall–Kier alpha value is -4.19. The first-order valence-electron chi connectivity index (χ1n) is 11.6. The third-order valence-corrected chi connectivity index (χ3v) is 8.20. The van der Waals surface area contributed by atoms with E-state index in [4.69, 9.17) is 4.42 Å². The van der Waals surface area contributed by atoms with Crippen molar-refractivity contribution in [3.8, 4) is 0 Å². The number of rotatable bonds is 6. The van der Waals surface area contributed by atoms with Crippen molar-refractivity contribution in [3.63, 3.8) is 0 Å². The number of fused-ring (bicyclic) bond motifs is 2. The van der Waals surface area contributed by atoms with Gasteiger partial charge in [-0.05, 0) is 31.5 Å². The molecule has 1 aromatic heterocycles. The second kappa shape index (κ2) is 9.28. The number of hydrogen-bond acceptors (Lipinski definition) is 7. The van der Waals surface area contributed by atoms with E-state index in [2.05, 4.69) is 10.6 Å². The number of carbonyl (C=O) groups is 4. The van der Waals surface area contributed by atoms with Gasteiger partial charge in [0.15, 0.2) is 0 Å². The van der Waals surface area contributed by atoms with E-state index < -0.39 is 63.2 Å². The number of thioether (sulfide) groups is 1. The van der Waals surface area contributed by atoms with Crippen molar-refractivity contribution in [3.05, 3.63) is 82.0 Å². The van der Waals surface area contributed by atoms with Gasteiger partial charge in [-0.25, -0.2) is 9.18 Å². The maximum atomic E-state index is 13.5. The first-order valence-corrected chi connectivity index (χ1v) is 12.5. The summed E-state index contributed by atoms with van der Waals surface area (Å²) in [7, 11) is 0. The van der Waals surface area contributed by atoms with Crippen LogP contribution in [0.1, 0.15) is 35.8 Å². The Morgan fingerprint density at radius 2 is 1.84 bits per heavy atom. The Morgan fingerprint density at radius 3 is 2.53 bits per heavy atom. The Balaban J connectivity index is 1.40. The van der Waals surface area contributed by atoms with Gasteiger partial charge in [-0.1, -0.05) is 30.3 Å². The van der Waals surface area contributed by atoms with E-state index in [0.717, 1.165) is 18.4 Å². The summed E-state index contributed by atoms with van der Waals surface area (Å²) >= 11 is 1.27. The number of amides is 3. The van der Waals surface area contributed by atoms with Crippen molar-refractivity contribution >= 4 is 46.4 Å². The molecule has 2 aromatic carbocycles. The number of benzene rings is 2. The van der Waals surface area contributed by atoms with Crippen molar-refractivity contribution < 1.29 is 33.1 Å². The number of carboxylic acid groups (broad SMARTS) is 1. The summed E-state index contributed by atoms with van der Waals surface area (Å²) in [6.45, 7) is 3.44. The minimum Gasteiger partial charge on any atom is -0.480 e. The van der Waals surface area contributed by atoms with Crippen LogP contribution < -0.4 is 16.1 Å². The smallest absolute Gasteiger partial charge is 0.327 e. The topological polar surface area (TPSA) is 146 Å². The van der Waals surface area contributed by atoms with Gasteiger partial charge in [0.25, 0.3) is 5.91 Å². The molecule has 12 heteroatoms. The number of β-lactam (4-membered cyclic amide) rings is 1. The Bertz CT molecular complexity index is 1540. The van der Waals surface area contributed by atoms with Gasteiger partial charge in [-0.2, -0.15) is 0 Å². The van der Waals surface area contributed by atoms with Crippen LogP contribution in [-0.2, 0) is 14.4 Å². The van der Waals surface area contributed by atoms with Gasteiger partial charge in [-0.3, -0.25) is 19.2 Å². The molecule has 0 bridgehead atoms. The summed E-state index contributed by atoms with van der Waals surface area (Å²) in [6, 6.07) is 8.20. The van der Waals surface area contributed by atoms with Crippen LogP contribution in [0.25, 0.3) is 11.0 Å². The van der Waals surface area contributed by atoms with Gasteiger partial charge < -0.3 is 25.1 Å². The van der Waals surface area contributed by atoms with Gasteiger partial charge in [0.05, 0.1) is 5.39 Å². The van der Waals surface area contributed by atoms with Gasteiger partial charge >= 0.3 is 5.97 Å². The Labute approximate surface area is 219 Å². The maximum absolute atomic E-state index is 13.5. The molecule has 38 heavy (non-hydrogen) atoms. The quantitative estimate of drug-likeness (QED) is 0.404. The van der Waals surface area contributed by atoms with Crippen LogP contribution in [0.5, 0.6) is 0 Å². The number of hydrogen-bond donors (Lipinski definition) is 3. The summed E-state index contributed by atoms with van der Waals surface area (Å²) in [5, 5.41) is 14.2. The van der Waals surface area contributed by atoms with Crippen LogP contribution in [-0.4, -0.2) is 55.9 Å². The lowest BCUT2D eigenvalue weighted by Crippen LogP contribution is -2.71. The molecule has 1 unspecified atom stereocenters. The molecule has 0 radical (unpaired) electrons. The number of aliphatic carboxylic acids is 1. The molecule has 0 spiro atoms. The molecular weight excluding hydrogens is 517 g/mol. The SMILES string of the molecule is CC1(C)S[C@@H]2[C@H](NC(=O)C(NC(=O)c3coc4cc(F)ccc4c3=O)c3ccccc3)C(=O)N2[C@H]1C(=O)O. The molecule has 3 amide bonds. The van der Waals surface area contributed by atoms with Crippen LogP contribution in [0.4, 0.5) is 4.39 Å². The van der Waals surface area contributed by atoms with Crippen LogP contribution in [0, 0.1) is 5.82 Å². The molecule has 3 heterocycles. The van der Waals surface area contributed by atoms with Crippen molar-refractivity contribution in [1.29, 1.82) is 0 Å². The lowest BCUT2D eigenvalue weighted by atomic mass is 9.95. The summed E-state index contributed by atoms with van der Waals surface area (Å²) in [6.07, 6.45) is 0.899. The molecule has 3 N–H and O–H groups in total. The molecule has 196 valence electrons. The average Bonchev–Trinajstić information content (AvgIpc) is 3.14. The minimum atomic E-state index is -1.29. The van der Waals surface area contributed by atoms with Gasteiger partial charge in [-0.15, -0.1) is 11.8 Å². The zero-order chi connectivity index (χ0) is 27.4. The van der Waals surface area contributed by atoms with Crippen LogP contribution in [0.15, 0.2) is 64.0 Å². The molecule has 2 aliphatic heterocycles. The van der Waals surface area contributed by atoms with E-state index >= 15 is 0 Å². The molecule has 10 nitrogen and oxygen atoms in total. The Kier molecular flexibility index (Phi) is 6.22. The fourth-order valence-electron chi connectivity index (χ4n) is 4.80. The Morgan fingerprint density at radius 1 is 1.13 bits per heavy atom. The first kappa shape index (κ1) is 25.5. The molecule has 2 aliphatic rings. The fourth-order valence-corrected chi connectivity index (χ4v) is 6.42. The predicted molar refractivity (Wildman–Crippen MR) is 135 cm³/mol. The number of nitrogens with one attached hydrogen (secondary N) is 2. The normalized spacial score (nSPS) is 22.3. The molecule has 3 aromatic rings. The van der Waals surface area contributed by atoms with Crippen LogP contribution in [0.3, 0.4) is 0 Å². The second-order valence-corrected chi connectivity index (χ2v) is 11.3. The highest BCUT2D eigenvalue weighted by atomic mass is 32.2. The van der Waals surface area contributed by atoms with E-state index in [1.54, 1.807) is 44.2 Å². The number of halogens is 1. The predicted octanol–water partition coefficient (Wildman–Crippen LogP) is 2.03. The summed E-state index contributed by atoms with van der Waals surface area (Å²) in [4.78, 5) is 65.2. The molecule has 5 rings (SSSR count). The molecule has 0 saturated carbocycles. The average molecular weight is 540 g/mol. The van der Waals surface area contributed by atoms with Crippen LogP contribution >= 0.6 is 11.8 Å². The lowest BCUT2D eigenvalue weighted by Gasteiger charge is -2.44. The standard InChI is InChI=1S/C26H22FN3O7S/c1-26(2)20(25(35)36)30-23(34)18(24(30)38-26)29-22(33)17(12-6-4-3-5-7-12)28-21(32)15-11-37-16-10-13(27)8-9-14(16)19(15)31/h3-11,17-18,20,24H,1-2H3,(H,28,32)(H,29,33)(H,35,36)/t17?,18-,20+,24-/m1/s1. The van der Waals surface area contributed by atoms with Crippen molar-refractivity contribution in [1.82, 2.24) is 15.5 Å². The number of carbonyl (C=O) groups excluding carboxylic acids is 3. The summed E-state index contributed by atoms with van der Waals surface area (Å²) in [5.74, 6) is -3.89. The van der Waals surface area contributed by atoms with Gasteiger partial charge in [0.2, 0.25) is 17.2 Å². The third kappa shape index (κ3) is 4.20. The van der Waals surface area contributed by atoms with E-state index in [9.17, 15) is 33.5 Å². The largest absolute Gasteiger partial charge is 0.480 e. The number of carboxylic acids is 1. The minimum absolute atomic E-state index is 0.00576. The van der Waals surface area contributed by atoms with Crippen molar-refractivity contribution in [2.45, 2.75) is 42.1 Å². The third-order valence-electron chi connectivity index (χ3n) is 6.62. The monoisotopic (exact) mass is 539 g/mol. The highest BCUT2D eigenvalue weighted by Crippen LogP contribution is 2.50. The summed E-state index contributed by atoms with van der Waals surface area (Å²) in [5.41, 5.74) is -0.739. The second-order valence-electron chi connectivity index (χ2n) is 9.52. The van der Waals surface area contributed by atoms with Crippen LogP contribution in [0.2, 0.25) is 0 Å². The molecule has 0 aliphatic carbocycles. The van der Waals surface area contributed by atoms with E-state index in [0.29, 0.717) is 5.56 Å². The highest BCUT2D eigenvalue weighted by Gasteiger charge is 2.64. The van der Waals surface area contributed by atoms with Crippen molar-refractivity contribution in [2.24, 2.45) is 0 Å². The fraction of sp³-hybridized carbons (Fsp3) is 0.269. The highest BCUT2D eigenvalue weighted by molar-refractivity contribution is 8.01.